The van der Waals surface area contributed by atoms with Crippen molar-refractivity contribution in [3.8, 4) is 17.6 Å². The molecule has 0 spiro atoms. The monoisotopic (exact) mass is 389 g/mol. The van der Waals surface area contributed by atoms with E-state index in [1.54, 1.807) is 18.2 Å². The van der Waals surface area contributed by atoms with Crippen molar-refractivity contribution in [2.75, 3.05) is 11.8 Å². The molecule has 1 aromatic carbocycles. The number of rotatable bonds is 5. The Balaban J connectivity index is 2.11. The lowest BCUT2D eigenvalue weighted by molar-refractivity contribution is 0.403. The Kier molecular flexibility index (Phi) is 4.79. The molecule has 1 N–H and O–H groups in total. The van der Waals surface area contributed by atoms with Crippen LogP contribution in [0, 0.1) is 11.3 Å². The number of aromatic nitrogens is 3. The summed E-state index contributed by atoms with van der Waals surface area (Å²) >= 11 is 5.92. The SMILES string of the molecule is COc1ccc(Cl)cc1S(=O)(=O)Nc1c(C#N)cnn1-c1ccccn1. The number of ether oxygens (including phenoxy) is 1. The maximum Gasteiger partial charge on any atom is 0.266 e. The van der Waals surface area contributed by atoms with E-state index in [1.807, 2.05) is 6.07 Å². The number of anilines is 1. The van der Waals surface area contributed by atoms with Gasteiger partial charge in [-0.3, -0.25) is 4.72 Å². The molecule has 2 aromatic heterocycles. The molecule has 10 heteroatoms. The molecule has 0 aliphatic heterocycles. The van der Waals surface area contributed by atoms with Crippen molar-refractivity contribution in [1.82, 2.24) is 14.8 Å². The maximum atomic E-state index is 12.9. The lowest BCUT2D eigenvalue weighted by atomic mass is 10.3. The highest BCUT2D eigenvalue weighted by Gasteiger charge is 2.24. The number of sulfonamides is 1. The first kappa shape index (κ1) is 17.7. The normalized spacial score (nSPS) is 11.0. The van der Waals surface area contributed by atoms with Gasteiger partial charge in [-0.05, 0) is 30.3 Å². The van der Waals surface area contributed by atoms with Gasteiger partial charge in [0.25, 0.3) is 10.0 Å². The number of nitrogens with one attached hydrogen (secondary N) is 1. The molecule has 0 aliphatic carbocycles. The average molecular weight is 390 g/mol. The molecule has 0 fully saturated rings. The molecular weight excluding hydrogens is 378 g/mol. The molecule has 0 saturated heterocycles. The van der Waals surface area contributed by atoms with Gasteiger partial charge in [-0.2, -0.15) is 15.0 Å². The minimum Gasteiger partial charge on any atom is -0.495 e. The highest BCUT2D eigenvalue weighted by molar-refractivity contribution is 7.92. The molecule has 0 radical (unpaired) electrons. The highest BCUT2D eigenvalue weighted by Crippen LogP contribution is 2.30. The van der Waals surface area contributed by atoms with E-state index in [1.165, 1.54) is 42.4 Å². The van der Waals surface area contributed by atoms with E-state index in [2.05, 4.69) is 14.8 Å². The number of halogens is 1. The minimum absolute atomic E-state index is 0.0340. The van der Waals surface area contributed by atoms with E-state index in [9.17, 15) is 13.7 Å². The summed E-state index contributed by atoms with van der Waals surface area (Å²) in [5.41, 5.74) is 0.0419. The fourth-order valence-corrected chi connectivity index (χ4v) is 3.72. The van der Waals surface area contributed by atoms with Gasteiger partial charge in [0.15, 0.2) is 11.6 Å². The summed E-state index contributed by atoms with van der Waals surface area (Å²) in [7, 11) is -2.76. The zero-order valence-electron chi connectivity index (χ0n) is 13.4. The number of pyridine rings is 1. The molecule has 3 rings (SSSR count). The van der Waals surface area contributed by atoms with Crippen LogP contribution in [0.3, 0.4) is 0 Å². The smallest absolute Gasteiger partial charge is 0.266 e. The zero-order valence-corrected chi connectivity index (χ0v) is 15.0. The number of benzene rings is 1. The molecular formula is C16H12ClN5O3S. The van der Waals surface area contributed by atoms with Crippen molar-refractivity contribution in [1.29, 1.82) is 5.26 Å². The molecule has 0 unspecified atom stereocenters. The third-order valence-electron chi connectivity index (χ3n) is 3.40. The Labute approximate surface area is 154 Å². The van der Waals surface area contributed by atoms with Gasteiger partial charge in [0, 0.05) is 11.2 Å². The number of methoxy groups -OCH3 is 1. The van der Waals surface area contributed by atoms with Gasteiger partial charge >= 0.3 is 0 Å². The van der Waals surface area contributed by atoms with Crippen LogP contribution in [0.5, 0.6) is 5.75 Å². The first-order valence-corrected chi connectivity index (χ1v) is 9.08. The van der Waals surface area contributed by atoms with Gasteiger partial charge in [0.05, 0.1) is 13.3 Å². The maximum absolute atomic E-state index is 12.9. The Morgan fingerprint density at radius 3 is 2.77 bits per heavy atom. The fourth-order valence-electron chi connectivity index (χ4n) is 2.22. The van der Waals surface area contributed by atoms with Crippen molar-refractivity contribution < 1.29 is 13.2 Å². The molecule has 0 aliphatic rings. The second kappa shape index (κ2) is 7.03. The molecule has 0 bridgehead atoms. The van der Waals surface area contributed by atoms with Crippen LogP contribution in [-0.2, 0) is 10.0 Å². The zero-order chi connectivity index (χ0) is 18.7. The van der Waals surface area contributed by atoms with Gasteiger partial charge < -0.3 is 4.74 Å². The predicted molar refractivity (Wildman–Crippen MR) is 94.9 cm³/mol. The van der Waals surface area contributed by atoms with Crippen LogP contribution in [0.25, 0.3) is 5.82 Å². The Morgan fingerprint density at radius 2 is 2.12 bits per heavy atom. The minimum atomic E-state index is -4.11. The second-order valence-electron chi connectivity index (χ2n) is 5.02. The Bertz CT molecular complexity index is 1090. The highest BCUT2D eigenvalue weighted by atomic mass is 35.5. The Hall–Kier alpha value is -3.09. The van der Waals surface area contributed by atoms with Crippen LogP contribution < -0.4 is 9.46 Å². The average Bonchev–Trinajstić information content (AvgIpc) is 3.04. The Morgan fingerprint density at radius 1 is 1.31 bits per heavy atom. The molecule has 8 nitrogen and oxygen atoms in total. The third-order valence-corrected chi connectivity index (χ3v) is 5.00. The summed E-state index contributed by atoms with van der Waals surface area (Å²) in [6.45, 7) is 0. The lowest BCUT2D eigenvalue weighted by Crippen LogP contribution is -2.18. The molecule has 0 saturated carbocycles. The number of nitrogens with zero attached hydrogens (tertiary/aromatic N) is 4. The van der Waals surface area contributed by atoms with Gasteiger partial charge in [0.1, 0.15) is 22.3 Å². The molecule has 2 heterocycles. The lowest BCUT2D eigenvalue weighted by Gasteiger charge is -2.13. The summed E-state index contributed by atoms with van der Waals surface area (Å²) in [4.78, 5) is 3.96. The topological polar surface area (TPSA) is 110 Å². The summed E-state index contributed by atoms with van der Waals surface area (Å²) in [5.74, 6) is 0.433. The first-order valence-electron chi connectivity index (χ1n) is 7.22. The molecule has 0 amide bonds. The van der Waals surface area contributed by atoms with Crippen LogP contribution in [0.1, 0.15) is 5.56 Å². The summed E-state index contributed by atoms with van der Waals surface area (Å²) in [6.07, 6.45) is 2.78. The van der Waals surface area contributed by atoms with Crippen LogP contribution in [0.15, 0.2) is 53.7 Å². The predicted octanol–water partition coefficient (Wildman–Crippen LogP) is 2.60. The largest absolute Gasteiger partial charge is 0.495 e. The van der Waals surface area contributed by atoms with E-state index in [-0.39, 0.29) is 27.0 Å². The molecule has 3 aromatic rings. The summed E-state index contributed by atoms with van der Waals surface area (Å²) < 4.78 is 34.4. The second-order valence-corrected chi connectivity index (χ2v) is 7.11. The van der Waals surface area contributed by atoms with Crippen molar-refractivity contribution in [3.63, 3.8) is 0 Å². The van der Waals surface area contributed by atoms with Gasteiger partial charge in [-0.25, -0.2) is 13.4 Å². The summed E-state index contributed by atoms with van der Waals surface area (Å²) in [6, 6.07) is 11.2. The van der Waals surface area contributed by atoms with Gasteiger partial charge in [-0.15, -0.1) is 0 Å². The van der Waals surface area contributed by atoms with E-state index >= 15 is 0 Å². The van der Waals surface area contributed by atoms with Crippen molar-refractivity contribution in [2.24, 2.45) is 0 Å². The molecule has 0 atom stereocenters. The van der Waals surface area contributed by atoms with Crippen LogP contribution in [0.4, 0.5) is 5.82 Å². The van der Waals surface area contributed by atoms with Crippen molar-refractivity contribution in [3.05, 3.63) is 59.4 Å². The quantitative estimate of drug-likeness (QED) is 0.718. The van der Waals surface area contributed by atoms with E-state index < -0.39 is 10.0 Å². The standard InChI is InChI=1S/C16H12ClN5O3S/c1-25-13-6-5-12(17)8-14(13)26(23,24)21-16-11(9-18)10-20-22(16)15-4-2-3-7-19-15/h2-8,10,21H,1H3. The van der Waals surface area contributed by atoms with E-state index in [0.29, 0.717) is 5.82 Å². The number of hydrogen-bond acceptors (Lipinski definition) is 6. The number of hydrogen-bond donors (Lipinski definition) is 1. The third kappa shape index (κ3) is 3.33. The fraction of sp³-hybridized carbons (Fsp3) is 0.0625. The number of nitriles is 1. The van der Waals surface area contributed by atoms with Crippen LogP contribution in [-0.4, -0.2) is 30.3 Å². The van der Waals surface area contributed by atoms with Crippen LogP contribution in [0.2, 0.25) is 5.02 Å². The molecule has 132 valence electrons. The van der Waals surface area contributed by atoms with Crippen molar-refractivity contribution in [2.45, 2.75) is 4.90 Å². The van der Waals surface area contributed by atoms with Crippen molar-refractivity contribution >= 4 is 27.4 Å². The van der Waals surface area contributed by atoms with E-state index in [4.69, 9.17) is 16.3 Å². The van der Waals surface area contributed by atoms with Gasteiger partial charge in [0.2, 0.25) is 0 Å². The molecule has 26 heavy (non-hydrogen) atoms. The van der Waals surface area contributed by atoms with E-state index in [0.717, 1.165) is 0 Å². The summed E-state index contributed by atoms with van der Waals surface area (Å²) in [5, 5.41) is 13.6. The van der Waals surface area contributed by atoms with Gasteiger partial charge in [-0.1, -0.05) is 17.7 Å². The first-order chi connectivity index (χ1) is 12.5. The van der Waals surface area contributed by atoms with Crippen LogP contribution >= 0.6 is 11.6 Å².